The van der Waals surface area contributed by atoms with Crippen molar-refractivity contribution in [2.75, 3.05) is 13.6 Å². The van der Waals surface area contributed by atoms with E-state index in [1.165, 1.54) is 5.56 Å². The molecule has 0 fully saturated rings. The fraction of sp³-hybridized carbons (Fsp3) is 0.348. The normalized spacial score (nSPS) is 10.9. The molecule has 1 heterocycles. The van der Waals surface area contributed by atoms with E-state index < -0.39 is 0 Å². The Balaban J connectivity index is 1.68. The summed E-state index contributed by atoms with van der Waals surface area (Å²) in [5, 5.41) is 9.73. The smallest absolute Gasteiger partial charge is 0.253 e. The summed E-state index contributed by atoms with van der Waals surface area (Å²) in [5.41, 5.74) is 4.20. The SMILES string of the molecule is CCCN(C)C(=O)c1ccc(CSc2nnc(-c3ccc(C)cc3)n2CC)cc1. The van der Waals surface area contributed by atoms with Gasteiger partial charge in [0.2, 0.25) is 0 Å². The van der Waals surface area contributed by atoms with Crippen molar-refractivity contribution in [3.63, 3.8) is 0 Å². The molecule has 1 amide bonds. The van der Waals surface area contributed by atoms with Crippen LogP contribution in [0.5, 0.6) is 0 Å². The van der Waals surface area contributed by atoms with E-state index in [1.807, 2.05) is 31.3 Å². The number of hydrogen-bond donors (Lipinski definition) is 0. The van der Waals surface area contributed by atoms with E-state index in [-0.39, 0.29) is 5.91 Å². The summed E-state index contributed by atoms with van der Waals surface area (Å²) in [6.07, 6.45) is 0.958. The quantitative estimate of drug-likeness (QED) is 0.490. The van der Waals surface area contributed by atoms with E-state index in [0.29, 0.717) is 0 Å². The maximum atomic E-state index is 12.4. The Kier molecular flexibility index (Phi) is 7.09. The van der Waals surface area contributed by atoms with Crippen molar-refractivity contribution >= 4 is 17.7 Å². The van der Waals surface area contributed by atoms with Crippen molar-refractivity contribution in [1.29, 1.82) is 0 Å². The molecule has 0 saturated heterocycles. The second-order valence-electron chi connectivity index (χ2n) is 7.13. The number of aromatic nitrogens is 3. The number of amides is 1. The Morgan fingerprint density at radius 2 is 1.72 bits per heavy atom. The molecular formula is C23H28N4OS. The molecule has 0 aliphatic rings. The number of rotatable bonds is 8. The second-order valence-corrected chi connectivity index (χ2v) is 8.07. The van der Waals surface area contributed by atoms with Gasteiger partial charge < -0.3 is 9.47 Å². The van der Waals surface area contributed by atoms with Gasteiger partial charge in [-0.3, -0.25) is 4.79 Å². The van der Waals surface area contributed by atoms with Crippen LogP contribution in [-0.4, -0.2) is 39.2 Å². The van der Waals surface area contributed by atoms with Crippen molar-refractivity contribution < 1.29 is 4.79 Å². The minimum atomic E-state index is 0.0690. The van der Waals surface area contributed by atoms with Crippen molar-refractivity contribution in [3.8, 4) is 11.4 Å². The van der Waals surface area contributed by atoms with Crippen LogP contribution in [-0.2, 0) is 12.3 Å². The summed E-state index contributed by atoms with van der Waals surface area (Å²) in [7, 11) is 1.85. The first-order valence-corrected chi connectivity index (χ1v) is 11.0. The van der Waals surface area contributed by atoms with E-state index in [0.717, 1.165) is 52.9 Å². The highest BCUT2D eigenvalue weighted by Crippen LogP contribution is 2.26. The molecule has 0 atom stereocenters. The van der Waals surface area contributed by atoms with Gasteiger partial charge in [0, 0.05) is 37.0 Å². The highest BCUT2D eigenvalue weighted by Gasteiger charge is 2.14. The van der Waals surface area contributed by atoms with Crippen LogP contribution in [0, 0.1) is 6.92 Å². The third-order valence-electron chi connectivity index (χ3n) is 4.82. The van der Waals surface area contributed by atoms with E-state index in [9.17, 15) is 4.79 Å². The van der Waals surface area contributed by atoms with Crippen molar-refractivity contribution in [3.05, 3.63) is 65.2 Å². The standard InChI is InChI=1S/C23H28N4OS/c1-5-15-26(4)22(28)20-13-9-18(10-14-20)16-29-23-25-24-21(27(23)6-2)19-11-7-17(3)8-12-19/h7-14H,5-6,15-16H2,1-4H3. The van der Waals surface area contributed by atoms with Gasteiger partial charge in [0.05, 0.1) is 0 Å². The van der Waals surface area contributed by atoms with Gasteiger partial charge in [-0.15, -0.1) is 10.2 Å². The number of thioether (sulfide) groups is 1. The van der Waals surface area contributed by atoms with Crippen LogP contribution >= 0.6 is 11.8 Å². The molecule has 0 saturated carbocycles. The van der Waals surface area contributed by atoms with E-state index >= 15 is 0 Å². The molecule has 3 rings (SSSR count). The summed E-state index contributed by atoms with van der Waals surface area (Å²) >= 11 is 1.67. The average molecular weight is 409 g/mol. The molecule has 29 heavy (non-hydrogen) atoms. The van der Waals surface area contributed by atoms with Gasteiger partial charge in [0.15, 0.2) is 11.0 Å². The number of hydrogen-bond acceptors (Lipinski definition) is 4. The fourth-order valence-electron chi connectivity index (χ4n) is 3.15. The Labute approximate surface area is 177 Å². The monoisotopic (exact) mass is 408 g/mol. The van der Waals surface area contributed by atoms with Gasteiger partial charge in [0.1, 0.15) is 0 Å². The molecule has 5 nitrogen and oxygen atoms in total. The first-order chi connectivity index (χ1) is 14.0. The van der Waals surface area contributed by atoms with Gasteiger partial charge in [-0.05, 0) is 38.0 Å². The number of benzene rings is 2. The minimum Gasteiger partial charge on any atom is -0.342 e. The van der Waals surface area contributed by atoms with E-state index in [4.69, 9.17) is 0 Å². The summed E-state index contributed by atoms with van der Waals surface area (Å²) in [6, 6.07) is 16.2. The summed E-state index contributed by atoms with van der Waals surface area (Å²) in [6.45, 7) is 7.85. The number of carbonyl (C=O) groups is 1. The molecule has 3 aromatic rings. The van der Waals surface area contributed by atoms with Crippen LogP contribution in [0.4, 0.5) is 0 Å². The third kappa shape index (κ3) is 5.07. The first-order valence-electron chi connectivity index (χ1n) is 10.0. The Bertz CT molecular complexity index is 948. The lowest BCUT2D eigenvalue weighted by Gasteiger charge is -2.16. The molecule has 6 heteroatoms. The van der Waals surface area contributed by atoms with E-state index in [1.54, 1.807) is 16.7 Å². The van der Waals surface area contributed by atoms with Gasteiger partial charge in [0.25, 0.3) is 5.91 Å². The predicted octanol–water partition coefficient (Wildman–Crippen LogP) is 5.05. The molecular weight excluding hydrogens is 380 g/mol. The summed E-state index contributed by atoms with van der Waals surface area (Å²) < 4.78 is 2.15. The Hall–Kier alpha value is -2.60. The molecule has 2 aromatic carbocycles. The largest absolute Gasteiger partial charge is 0.342 e. The molecule has 0 spiro atoms. The molecule has 152 valence electrons. The molecule has 0 aliphatic heterocycles. The van der Waals surface area contributed by atoms with Gasteiger partial charge in [-0.1, -0.05) is 60.6 Å². The van der Waals surface area contributed by atoms with Crippen LogP contribution in [0.2, 0.25) is 0 Å². The third-order valence-corrected chi connectivity index (χ3v) is 5.86. The molecule has 0 aliphatic carbocycles. The number of carbonyl (C=O) groups excluding carboxylic acids is 1. The average Bonchev–Trinajstić information content (AvgIpc) is 3.15. The highest BCUT2D eigenvalue weighted by atomic mass is 32.2. The lowest BCUT2D eigenvalue weighted by Crippen LogP contribution is -2.27. The predicted molar refractivity (Wildman–Crippen MR) is 119 cm³/mol. The molecule has 0 unspecified atom stereocenters. The van der Waals surface area contributed by atoms with Crippen LogP contribution < -0.4 is 0 Å². The van der Waals surface area contributed by atoms with Crippen LogP contribution in [0.1, 0.15) is 41.8 Å². The molecule has 1 aromatic heterocycles. The van der Waals surface area contributed by atoms with Crippen LogP contribution in [0.3, 0.4) is 0 Å². The molecule has 0 radical (unpaired) electrons. The second kappa shape index (κ2) is 9.74. The molecule has 0 bridgehead atoms. The topological polar surface area (TPSA) is 51.0 Å². The zero-order valence-corrected chi connectivity index (χ0v) is 18.4. The number of aryl methyl sites for hydroxylation is 1. The van der Waals surface area contributed by atoms with Crippen molar-refractivity contribution in [1.82, 2.24) is 19.7 Å². The maximum absolute atomic E-state index is 12.4. The molecule has 0 N–H and O–H groups in total. The van der Waals surface area contributed by atoms with Crippen molar-refractivity contribution in [2.45, 2.75) is 44.6 Å². The highest BCUT2D eigenvalue weighted by molar-refractivity contribution is 7.98. The number of nitrogens with zero attached hydrogens (tertiary/aromatic N) is 4. The minimum absolute atomic E-state index is 0.0690. The lowest BCUT2D eigenvalue weighted by molar-refractivity contribution is 0.0795. The Morgan fingerprint density at radius 1 is 1.03 bits per heavy atom. The zero-order chi connectivity index (χ0) is 20.8. The lowest BCUT2D eigenvalue weighted by atomic mass is 10.1. The summed E-state index contributed by atoms with van der Waals surface area (Å²) in [5.74, 6) is 1.75. The summed E-state index contributed by atoms with van der Waals surface area (Å²) in [4.78, 5) is 14.1. The fourth-order valence-corrected chi connectivity index (χ4v) is 4.10. The van der Waals surface area contributed by atoms with E-state index in [2.05, 4.69) is 59.8 Å². The maximum Gasteiger partial charge on any atom is 0.253 e. The van der Waals surface area contributed by atoms with Crippen molar-refractivity contribution in [2.24, 2.45) is 0 Å². The van der Waals surface area contributed by atoms with Gasteiger partial charge in [-0.2, -0.15) is 0 Å². The van der Waals surface area contributed by atoms with Gasteiger partial charge >= 0.3 is 0 Å². The Morgan fingerprint density at radius 3 is 2.34 bits per heavy atom. The van der Waals surface area contributed by atoms with Gasteiger partial charge in [-0.25, -0.2) is 0 Å². The van der Waals surface area contributed by atoms with Crippen LogP contribution in [0.25, 0.3) is 11.4 Å². The zero-order valence-electron chi connectivity index (χ0n) is 17.6. The first kappa shape index (κ1) is 21.1. The van der Waals surface area contributed by atoms with Crippen LogP contribution in [0.15, 0.2) is 53.7 Å².